The van der Waals surface area contributed by atoms with Crippen LogP contribution < -0.4 is 10.9 Å². The van der Waals surface area contributed by atoms with Gasteiger partial charge in [-0.1, -0.05) is 48.5 Å². The topological polar surface area (TPSA) is 79.2 Å². The van der Waals surface area contributed by atoms with Crippen molar-refractivity contribution >= 4 is 23.6 Å². The Morgan fingerprint density at radius 2 is 1.71 bits per heavy atom. The summed E-state index contributed by atoms with van der Waals surface area (Å²) >= 11 is 0. The van der Waals surface area contributed by atoms with Crippen LogP contribution in [0.4, 0.5) is 11.5 Å². The van der Waals surface area contributed by atoms with Gasteiger partial charge in [-0.05, 0) is 17.7 Å². The van der Waals surface area contributed by atoms with Gasteiger partial charge < -0.3 is 5.32 Å². The number of carbonyl (C=O) groups is 1. The van der Waals surface area contributed by atoms with E-state index in [1.54, 1.807) is 18.3 Å². The summed E-state index contributed by atoms with van der Waals surface area (Å²) in [6.07, 6.45) is 1.59. The molecule has 0 radical (unpaired) electrons. The van der Waals surface area contributed by atoms with Gasteiger partial charge in [0, 0.05) is 13.1 Å². The molecule has 0 spiro atoms. The van der Waals surface area contributed by atoms with Crippen LogP contribution in [0.2, 0.25) is 0 Å². The zero-order valence-electron chi connectivity index (χ0n) is 13.1. The third-order valence-electron chi connectivity index (χ3n) is 3.32. The van der Waals surface area contributed by atoms with E-state index in [2.05, 4.69) is 15.4 Å². The third kappa shape index (κ3) is 3.33. The molecule has 2 aromatic carbocycles. The van der Waals surface area contributed by atoms with Crippen molar-refractivity contribution in [2.45, 2.75) is 6.92 Å². The lowest BCUT2D eigenvalue weighted by Gasteiger charge is -2.01. The molecule has 2 N–H and O–H groups in total. The molecular formula is C18H16N4O2. The maximum atomic E-state index is 12.7. The van der Waals surface area contributed by atoms with Crippen molar-refractivity contribution < 1.29 is 4.79 Å². The lowest BCUT2D eigenvalue weighted by Crippen LogP contribution is -2.13. The molecule has 0 aliphatic heterocycles. The predicted molar refractivity (Wildman–Crippen MR) is 94.4 cm³/mol. The number of rotatable bonds is 4. The molecule has 24 heavy (non-hydrogen) atoms. The number of aromatic amines is 1. The van der Waals surface area contributed by atoms with Crippen LogP contribution >= 0.6 is 0 Å². The van der Waals surface area contributed by atoms with Gasteiger partial charge >= 0.3 is 0 Å². The highest BCUT2D eigenvalue weighted by atomic mass is 16.2. The molecule has 0 aliphatic rings. The first kappa shape index (κ1) is 15.5. The molecule has 1 heterocycles. The summed E-state index contributed by atoms with van der Waals surface area (Å²) in [5, 5.41) is 5.50. The van der Waals surface area contributed by atoms with Gasteiger partial charge in [0.25, 0.3) is 5.56 Å². The van der Waals surface area contributed by atoms with Gasteiger partial charge in [0.15, 0.2) is 11.5 Å². The Hall–Kier alpha value is -3.41. The monoisotopic (exact) mass is 320 g/mol. The van der Waals surface area contributed by atoms with Gasteiger partial charge in [0.2, 0.25) is 5.91 Å². The van der Waals surface area contributed by atoms with Crippen LogP contribution in [0.3, 0.4) is 0 Å². The van der Waals surface area contributed by atoms with E-state index >= 15 is 0 Å². The number of amides is 1. The van der Waals surface area contributed by atoms with E-state index in [0.29, 0.717) is 5.69 Å². The van der Waals surface area contributed by atoms with Gasteiger partial charge in [-0.15, -0.1) is 0 Å². The Morgan fingerprint density at radius 3 is 2.33 bits per heavy atom. The Morgan fingerprint density at radius 1 is 1.08 bits per heavy atom. The number of anilines is 1. The van der Waals surface area contributed by atoms with Gasteiger partial charge in [0.1, 0.15) is 0 Å². The summed E-state index contributed by atoms with van der Waals surface area (Å²) in [5.74, 6) is -0.0174. The van der Waals surface area contributed by atoms with E-state index in [9.17, 15) is 9.59 Å². The molecule has 0 bridgehead atoms. The van der Waals surface area contributed by atoms with Crippen LogP contribution in [0.15, 0.2) is 70.5 Å². The van der Waals surface area contributed by atoms with Crippen molar-refractivity contribution in [2.75, 3.05) is 5.32 Å². The fourth-order valence-corrected chi connectivity index (χ4v) is 2.25. The van der Waals surface area contributed by atoms with Crippen LogP contribution in [0.5, 0.6) is 0 Å². The number of aromatic nitrogens is 2. The maximum absolute atomic E-state index is 12.7. The zero-order chi connectivity index (χ0) is 16.9. The summed E-state index contributed by atoms with van der Waals surface area (Å²) in [6.45, 7) is 1.38. The fourth-order valence-electron chi connectivity index (χ4n) is 2.25. The molecule has 6 nitrogen and oxygen atoms in total. The molecule has 120 valence electrons. The van der Waals surface area contributed by atoms with Gasteiger partial charge in [-0.2, -0.15) is 0 Å². The SMILES string of the molecule is CC(=O)Nc1[nH]n(-c2ccccc2)c(=O)c1N=Cc1ccccc1. The van der Waals surface area contributed by atoms with Crippen molar-refractivity contribution in [1.82, 2.24) is 9.78 Å². The Balaban J connectivity index is 2.06. The molecule has 0 unspecified atom stereocenters. The van der Waals surface area contributed by atoms with Crippen molar-refractivity contribution in [1.29, 1.82) is 0 Å². The van der Waals surface area contributed by atoms with Crippen molar-refractivity contribution in [3.63, 3.8) is 0 Å². The largest absolute Gasteiger partial charge is 0.309 e. The number of nitrogens with zero attached hydrogens (tertiary/aromatic N) is 2. The van der Waals surface area contributed by atoms with Crippen molar-refractivity contribution in [3.05, 3.63) is 76.6 Å². The molecule has 0 atom stereocenters. The number of aliphatic imine (C=N–C) groups is 1. The van der Waals surface area contributed by atoms with Gasteiger partial charge in [0.05, 0.1) is 5.69 Å². The Labute approximate surface area is 138 Å². The number of hydrogen-bond donors (Lipinski definition) is 2. The van der Waals surface area contributed by atoms with Crippen LogP contribution in [0, 0.1) is 0 Å². The van der Waals surface area contributed by atoms with Crippen molar-refractivity contribution in [3.8, 4) is 5.69 Å². The molecule has 1 amide bonds. The zero-order valence-corrected chi connectivity index (χ0v) is 13.1. The second kappa shape index (κ2) is 6.78. The van der Waals surface area contributed by atoms with E-state index in [1.165, 1.54) is 11.6 Å². The molecule has 6 heteroatoms. The molecule has 0 saturated carbocycles. The number of hydrogen-bond acceptors (Lipinski definition) is 3. The first-order valence-electron chi connectivity index (χ1n) is 7.42. The minimum absolute atomic E-state index is 0.151. The number of benzene rings is 2. The van der Waals surface area contributed by atoms with E-state index in [4.69, 9.17) is 0 Å². The summed E-state index contributed by atoms with van der Waals surface area (Å²) in [5.41, 5.74) is 1.34. The minimum atomic E-state index is -0.336. The molecule has 1 aromatic heterocycles. The van der Waals surface area contributed by atoms with E-state index in [-0.39, 0.29) is 23.0 Å². The Bertz CT molecular complexity index is 925. The lowest BCUT2D eigenvalue weighted by molar-refractivity contribution is -0.114. The van der Waals surface area contributed by atoms with Crippen molar-refractivity contribution in [2.24, 2.45) is 4.99 Å². The van der Waals surface area contributed by atoms with Crippen LogP contribution in [0.25, 0.3) is 5.69 Å². The molecule has 0 fully saturated rings. The Kier molecular flexibility index (Phi) is 4.38. The summed E-state index contributed by atoms with van der Waals surface area (Å²) in [7, 11) is 0. The highest BCUT2D eigenvalue weighted by Gasteiger charge is 2.15. The van der Waals surface area contributed by atoms with E-state index in [1.807, 2.05) is 48.5 Å². The molecule has 0 saturated heterocycles. The average Bonchev–Trinajstić information content (AvgIpc) is 2.90. The molecule has 3 rings (SSSR count). The summed E-state index contributed by atoms with van der Waals surface area (Å²) in [6, 6.07) is 18.5. The number of carbonyl (C=O) groups excluding carboxylic acids is 1. The highest BCUT2D eigenvalue weighted by Crippen LogP contribution is 2.20. The molecular weight excluding hydrogens is 304 g/mol. The van der Waals surface area contributed by atoms with Crippen LogP contribution in [0.1, 0.15) is 12.5 Å². The van der Waals surface area contributed by atoms with Crippen LogP contribution in [-0.2, 0) is 4.79 Å². The summed E-state index contributed by atoms with van der Waals surface area (Å²) in [4.78, 5) is 28.3. The fraction of sp³-hybridized carbons (Fsp3) is 0.0556. The van der Waals surface area contributed by atoms with E-state index < -0.39 is 0 Å². The smallest absolute Gasteiger partial charge is 0.299 e. The minimum Gasteiger partial charge on any atom is -0.309 e. The normalized spacial score (nSPS) is 10.9. The molecule has 0 aliphatic carbocycles. The number of nitrogens with one attached hydrogen (secondary N) is 2. The van der Waals surface area contributed by atoms with E-state index in [0.717, 1.165) is 5.56 Å². The first-order valence-corrected chi connectivity index (χ1v) is 7.42. The highest BCUT2D eigenvalue weighted by molar-refractivity contribution is 5.92. The maximum Gasteiger partial charge on any atom is 0.299 e. The van der Waals surface area contributed by atoms with Gasteiger partial charge in [-0.25, -0.2) is 9.67 Å². The second-order valence-electron chi connectivity index (χ2n) is 5.16. The second-order valence-corrected chi connectivity index (χ2v) is 5.16. The summed E-state index contributed by atoms with van der Waals surface area (Å²) < 4.78 is 1.35. The molecule has 3 aromatic rings. The quantitative estimate of drug-likeness (QED) is 0.725. The predicted octanol–water partition coefficient (Wildman–Crippen LogP) is 2.87. The van der Waals surface area contributed by atoms with Crippen LogP contribution in [-0.4, -0.2) is 21.9 Å². The lowest BCUT2D eigenvalue weighted by atomic mass is 10.2. The average molecular weight is 320 g/mol. The first-order chi connectivity index (χ1) is 11.6. The standard InChI is InChI=1S/C18H16N4O2/c1-13(23)20-17-16(19-12-14-8-4-2-5-9-14)18(24)22(21-17)15-10-6-3-7-11-15/h2-12,21H,1H3,(H,20,23). The number of H-pyrrole nitrogens is 1. The van der Waals surface area contributed by atoms with Gasteiger partial charge in [-0.3, -0.25) is 14.7 Å². The number of para-hydroxylation sites is 1. The third-order valence-corrected chi connectivity index (χ3v) is 3.32.